The molecule has 4 nitrogen and oxygen atoms in total. The molecule has 1 aliphatic heterocycles. The highest BCUT2D eigenvalue weighted by molar-refractivity contribution is 5.99. The van der Waals surface area contributed by atoms with Crippen molar-refractivity contribution in [3.8, 4) is 11.5 Å². The van der Waals surface area contributed by atoms with Gasteiger partial charge in [-0.3, -0.25) is 4.79 Å². The summed E-state index contributed by atoms with van der Waals surface area (Å²) in [5.74, 6) is 0.796. The largest absolute Gasteiger partial charge is 0.497 e. The average molecular weight is 369 g/mol. The van der Waals surface area contributed by atoms with E-state index in [0.29, 0.717) is 49.6 Å². The molecule has 0 bridgehead atoms. The Morgan fingerprint density at radius 3 is 2.81 bits per heavy atom. The smallest absolute Gasteiger partial charge is 0.258 e. The van der Waals surface area contributed by atoms with Crippen LogP contribution < -0.4 is 9.47 Å². The fourth-order valence-corrected chi connectivity index (χ4v) is 3.17. The lowest BCUT2D eigenvalue weighted by Gasteiger charge is -2.30. The minimum atomic E-state index is -0.300. The number of halogens is 1. The molecule has 27 heavy (non-hydrogen) atoms. The number of carbonyl (C=O) groups is 1. The van der Waals surface area contributed by atoms with Crippen molar-refractivity contribution >= 4 is 5.91 Å². The molecule has 1 heterocycles. The van der Waals surface area contributed by atoms with Gasteiger partial charge in [0.2, 0.25) is 0 Å². The second-order valence-electron chi connectivity index (χ2n) is 6.82. The highest BCUT2D eigenvalue weighted by Crippen LogP contribution is 2.33. The molecule has 0 unspecified atom stereocenters. The Morgan fingerprint density at radius 1 is 1.30 bits per heavy atom. The fourth-order valence-electron chi connectivity index (χ4n) is 3.17. The molecule has 0 fully saturated rings. The number of hydrogen-bond donors (Lipinski definition) is 0. The quantitative estimate of drug-likeness (QED) is 0.680. The predicted octanol–water partition coefficient (Wildman–Crippen LogP) is 4.38. The first-order chi connectivity index (χ1) is 13.0. The Labute approximate surface area is 159 Å². The molecule has 5 heteroatoms. The summed E-state index contributed by atoms with van der Waals surface area (Å²) in [6.45, 7) is 7.21. The van der Waals surface area contributed by atoms with Gasteiger partial charge in [0.05, 0.1) is 19.3 Å². The molecule has 0 N–H and O–H groups in total. The molecule has 0 aromatic heterocycles. The maximum Gasteiger partial charge on any atom is 0.258 e. The Balaban J connectivity index is 1.86. The van der Waals surface area contributed by atoms with Gasteiger partial charge in [-0.1, -0.05) is 17.7 Å². The topological polar surface area (TPSA) is 38.8 Å². The van der Waals surface area contributed by atoms with Crippen LogP contribution in [0.2, 0.25) is 0 Å². The lowest BCUT2D eigenvalue weighted by atomic mass is 9.97. The summed E-state index contributed by atoms with van der Waals surface area (Å²) in [5, 5.41) is 0. The van der Waals surface area contributed by atoms with Crippen molar-refractivity contribution in [1.29, 1.82) is 0 Å². The summed E-state index contributed by atoms with van der Waals surface area (Å²) in [6, 6.07) is 9.98. The Morgan fingerprint density at radius 2 is 2.11 bits per heavy atom. The molecule has 0 saturated carbocycles. The van der Waals surface area contributed by atoms with Crippen molar-refractivity contribution in [2.24, 2.45) is 0 Å². The van der Waals surface area contributed by atoms with Gasteiger partial charge in [0.15, 0.2) is 0 Å². The van der Waals surface area contributed by atoms with E-state index in [2.05, 4.69) is 6.58 Å². The van der Waals surface area contributed by atoms with E-state index in [1.54, 1.807) is 24.1 Å². The second kappa shape index (κ2) is 8.25. The van der Waals surface area contributed by atoms with Gasteiger partial charge in [-0.25, -0.2) is 4.39 Å². The number of hydrogen-bond acceptors (Lipinski definition) is 3. The fraction of sp³-hybridized carbons (Fsp3) is 0.318. The van der Waals surface area contributed by atoms with Crippen LogP contribution in [0.4, 0.5) is 4.39 Å². The number of carbonyl (C=O) groups excluding carboxylic acids is 1. The zero-order valence-electron chi connectivity index (χ0n) is 15.8. The van der Waals surface area contributed by atoms with Crippen LogP contribution in [0.15, 0.2) is 48.6 Å². The molecule has 0 aliphatic carbocycles. The van der Waals surface area contributed by atoms with E-state index >= 15 is 0 Å². The molecule has 1 amide bonds. The first kappa shape index (κ1) is 19.0. The van der Waals surface area contributed by atoms with E-state index in [1.807, 2.05) is 19.1 Å². The maximum absolute atomic E-state index is 13.5. The summed E-state index contributed by atoms with van der Waals surface area (Å²) in [4.78, 5) is 14.8. The van der Waals surface area contributed by atoms with E-state index in [-0.39, 0.29) is 11.7 Å². The number of rotatable bonds is 7. The minimum absolute atomic E-state index is 0.103. The summed E-state index contributed by atoms with van der Waals surface area (Å²) < 4.78 is 24.7. The van der Waals surface area contributed by atoms with Gasteiger partial charge in [-0.15, -0.1) is 6.58 Å². The summed E-state index contributed by atoms with van der Waals surface area (Å²) in [7, 11) is 1.60. The SMILES string of the molecule is C=C(C)CCOc1cc(OC)cc2c1C(=O)N(Cc1cccc(F)c1)CC2. The first-order valence-electron chi connectivity index (χ1n) is 8.99. The molecule has 0 saturated heterocycles. The van der Waals surface area contributed by atoms with Crippen LogP contribution in [-0.2, 0) is 13.0 Å². The van der Waals surface area contributed by atoms with E-state index in [4.69, 9.17) is 9.47 Å². The summed E-state index contributed by atoms with van der Waals surface area (Å²) in [5.41, 5.74) is 3.27. The average Bonchev–Trinajstić information content (AvgIpc) is 2.63. The molecular weight excluding hydrogens is 345 g/mol. The van der Waals surface area contributed by atoms with Crippen LogP contribution >= 0.6 is 0 Å². The van der Waals surface area contributed by atoms with Gasteiger partial charge in [0.1, 0.15) is 17.3 Å². The highest BCUT2D eigenvalue weighted by Gasteiger charge is 2.29. The molecule has 3 rings (SSSR count). The second-order valence-corrected chi connectivity index (χ2v) is 6.82. The lowest BCUT2D eigenvalue weighted by molar-refractivity contribution is 0.0721. The number of benzene rings is 2. The van der Waals surface area contributed by atoms with Crippen LogP contribution in [0.1, 0.15) is 34.8 Å². The van der Waals surface area contributed by atoms with E-state index in [0.717, 1.165) is 16.7 Å². The molecule has 0 radical (unpaired) electrons. The standard InChI is InChI=1S/C22H24FNO3/c1-15(2)8-10-27-20-13-19(26-3)12-17-7-9-24(22(25)21(17)20)14-16-5-4-6-18(23)11-16/h4-6,11-13H,1,7-10,14H2,2-3H3. The number of nitrogens with zero attached hydrogens (tertiary/aromatic N) is 1. The van der Waals surface area contributed by atoms with Gasteiger partial charge >= 0.3 is 0 Å². The van der Waals surface area contributed by atoms with Gasteiger partial charge < -0.3 is 14.4 Å². The van der Waals surface area contributed by atoms with E-state index in [1.165, 1.54) is 12.1 Å². The molecule has 2 aromatic carbocycles. The van der Waals surface area contributed by atoms with Crippen molar-refractivity contribution in [2.45, 2.75) is 26.3 Å². The molecule has 2 aromatic rings. The van der Waals surface area contributed by atoms with Crippen molar-refractivity contribution in [1.82, 2.24) is 4.90 Å². The lowest BCUT2D eigenvalue weighted by Crippen LogP contribution is -2.37. The van der Waals surface area contributed by atoms with Gasteiger partial charge in [-0.2, -0.15) is 0 Å². The van der Waals surface area contributed by atoms with Gasteiger partial charge in [0, 0.05) is 25.6 Å². The van der Waals surface area contributed by atoms with Crippen LogP contribution in [0.3, 0.4) is 0 Å². The normalized spacial score (nSPS) is 13.3. The van der Waals surface area contributed by atoms with Crippen molar-refractivity contribution < 1.29 is 18.7 Å². The zero-order chi connectivity index (χ0) is 19.4. The number of fused-ring (bicyclic) bond motifs is 1. The van der Waals surface area contributed by atoms with Crippen LogP contribution in [-0.4, -0.2) is 31.1 Å². The van der Waals surface area contributed by atoms with Gasteiger partial charge in [0.25, 0.3) is 5.91 Å². The monoisotopic (exact) mass is 369 g/mol. The molecule has 1 aliphatic rings. The first-order valence-corrected chi connectivity index (χ1v) is 8.99. The van der Waals surface area contributed by atoms with Gasteiger partial charge in [-0.05, 0) is 42.7 Å². The molecule has 0 atom stereocenters. The highest BCUT2D eigenvalue weighted by atomic mass is 19.1. The van der Waals surface area contributed by atoms with Crippen molar-refractivity contribution in [2.75, 3.05) is 20.3 Å². The van der Waals surface area contributed by atoms with Crippen molar-refractivity contribution in [3.63, 3.8) is 0 Å². The van der Waals surface area contributed by atoms with E-state index in [9.17, 15) is 9.18 Å². The van der Waals surface area contributed by atoms with Crippen molar-refractivity contribution in [3.05, 3.63) is 71.1 Å². The van der Waals surface area contributed by atoms with Crippen LogP contribution in [0, 0.1) is 5.82 Å². The zero-order valence-corrected chi connectivity index (χ0v) is 15.8. The Bertz CT molecular complexity index is 863. The molecular formula is C22H24FNO3. The molecule has 0 spiro atoms. The molecule has 142 valence electrons. The van der Waals surface area contributed by atoms with Crippen LogP contribution in [0.25, 0.3) is 0 Å². The summed E-state index contributed by atoms with van der Waals surface area (Å²) >= 11 is 0. The number of amides is 1. The van der Waals surface area contributed by atoms with Crippen LogP contribution in [0.5, 0.6) is 11.5 Å². The predicted molar refractivity (Wildman–Crippen MR) is 103 cm³/mol. The minimum Gasteiger partial charge on any atom is -0.497 e. The number of methoxy groups -OCH3 is 1. The third kappa shape index (κ3) is 4.48. The summed E-state index contributed by atoms with van der Waals surface area (Å²) in [6.07, 6.45) is 1.41. The maximum atomic E-state index is 13.5. The Kier molecular flexibility index (Phi) is 5.79. The Hall–Kier alpha value is -2.82. The number of ether oxygens (including phenoxy) is 2. The van der Waals surface area contributed by atoms with E-state index < -0.39 is 0 Å². The third-order valence-electron chi connectivity index (χ3n) is 4.59. The third-order valence-corrected chi connectivity index (χ3v) is 4.59.